The quantitative estimate of drug-likeness (QED) is 0.412. The monoisotopic (exact) mass is 414 g/mol. The first-order chi connectivity index (χ1) is 13.6. The van der Waals surface area contributed by atoms with Crippen LogP contribution >= 0.6 is 0 Å². The van der Waals surface area contributed by atoms with Crippen LogP contribution in [0.3, 0.4) is 0 Å². The highest BCUT2D eigenvalue weighted by atomic mass is 19.4. The van der Waals surface area contributed by atoms with Crippen molar-refractivity contribution < 1.29 is 36.6 Å². The van der Waals surface area contributed by atoms with Gasteiger partial charge in [-0.25, -0.2) is 9.18 Å². The molecule has 1 unspecified atom stereocenters. The summed E-state index contributed by atoms with van der Waals surface area (Å²) in [5, 5.41) is 3.68. The second-order valence-corrected chi connectivity index (χ2v) is 5.75. The number of hydrogen-bond acceptors (Lipinski definition) is 5. The average Bonchev–Trinajstić information content (AvgIpc) is 2.67. The van der Waals surface area contributed by atoms with Crippen molar-refractivity contribution in [3.05, 3.63) is 59.9 Å². The molecule has 0 aliphatic carbocycles. The van der Waals surface area contributed by atoms with Crippen LogP contribution in [0, 0.1) is 5.82 Å². The van der Waals surface area contributed by atoms with Crippen molar-refractivity contribution in [2.75, 3.05) is 19.0 Å². The van der Waals surface area contributed by atoms with Crippen molar-refractivity contribution in [1.29, 1.82) is 0 Å². The molecule has 29 heavy (non-hydrogen) atoms. The standard InChI is InChI=1S/C19H18F4N2O4/c1-3-29-17(27)18(19(21,22)23,24-14-6-4-5-7-15(14)28-2)25-16(26)12-8-10-13(20)11-9-12/h4-11,24H,3H2,1-2H3,(H,25,26). The summed E-state index contributed by atoms with van der Waals surface area (Å²) in [5.74, 6) is -3.71. The Morgan fingerprint density at radius 2 is 1.66 bits per heavy atom. The first-order valence-electron chi connectivity index (χ1n) is 8.38. The molecular formula is C19H18F4N2O4. The number of ether oxygens (including phenoxy) is 2. The maximum atomic E-state index is 14.1. The van der Waals surface area contributed by atoms with Crippen molar-refractivity contribution in [2.45, 2.75) is 18.8 Å². The molecule has 0 fully saturated rings. The van der Waals surface area contributed by atoms with Crippen molar-refractivity contribution in [1.82, 2.24) is 5.32 Å². The van der Waals surface area contributed by atoms with Gasteiger partial charge in [0.2, 0.25) is 0 Å². The molecule has 6 nitrogen and oxygen atoms in total. The van der Waals surface area contributed by atoms with Crippen LogP contribution in [0.5, 0.6) is 5.75 Å². The number of esters is 1. The van der Waals surface area contributed by atoms with Crippen molar-refractivity contribution in [3.63, 3.8) is 0 Å². The Bertz CT molecular complexity index is 871. The van der Waals surface area contributed by atoms with Crippen LogP contribution < -0.4 is 15.4 Å². The minimum Gasteiger partial charge on any atom is -0.495 e. The normalized spacial score (nSPS) is 13.2. The van der Waals surface area contributed by atoms with E-state index in [0.29, 0.717) is 0 Å². The number of halogens is 4. The molecule has 156 valence electrons. The van der Waals surface area contributed by atoms with Gasteiger partial charge >= 0.3 is 17.8 Å². The number of anilines is 1. The number of rotatable bonds is 7. The summed E-state index contributed by atoms with van der Waals surface area (Å²) in [6.45, 7) is 0.959. The van der Waals surface area contributed by atoms with E-state index in [1.54, 1.807) is 5.32 Å². The third-order valence-corrected chi connectivity index (χ3v) is 3.84. The maximum absolute atomic E-state index is 14.1. The molecule has 2 aromatic carbocycles. The Morgan fingerprint density at radius 1 is 1.03 bits per heavy atom. The summed E-state index contributed by atoms with van der Waals surface area (Å²) in [5.41, 5.74) is -4.12. The lowest BCUT2D eigenvalue weighted by atomic mass is 10.1. The first-order valence-corrected chi connectivity index (χ1v) is 8.38. The summed E-state index contributed by atoms with van der Waals surface area (Å²) in [6, 6.07) is 9.32. The van der Waals surface area contributed by atoms with Gasteiger partial charge < -0.3 is 20.1 Å². The van der Waals surface area contributed by atoms with E-state index in [0.717, 1.165) is 24.3 Å². The number of methoxy groups -OCH3 is 1. The average molecular weight is 414 g/mol. The molecule has 0 heterocycles. The van der Waals surface area contributed by atoms with Gasteiger partial charge in [0.15, 0.2) is 0 Å². The van der Waals surface area contributed by atoms with Gasteiger partial charge in [-0.2, -0.15) is 13.2 Å². The number of para-hydroxylation sites is 2. The van der Waals surface area contributed by atoms with Crippen molar-refractivity contribution >= 4 is 17.6 Å². The number of carbonyl (C=O) groups is 2. The zero-order valence-corrected chi connectivity index (χ0v) is 15.5. The minimum atomic E-state index is -5.31. The SMILES string of the molecule is CCOC(=O)C(NC(=O)c1ccc(F)cc1)(Nc1ccccc1OC)C(F)(F)F. The summed E-state index contributed by atoms with van der Waals surface area (Å²) in [7, 11) is 1.23. The van der Waals surface area contributed by atoms with Crippen LogP contribution in [0.2, 0.25) is 0 Å². The summed E-state index contributed by atoms with van der Waals surface area (Å²) in [4.78, 5) is 24.9. The van der Waals surface area contributed by atoms with Gasteiger partial charge in [-0.3, -0.25) is 4.79 Å². The highest BCUT2D eigenvalue weighted by Crippen LogP contribution is 2.36. The van der Waals surface area contributed by atoms with Crippen LogP contribution in [0.4, 0.5) is 23.2 Å². The molecule has 2 N–H and O–H groups in total. The summed E-state index contributed by atoms with van der Waals surface area (Å²) >= 11 is 0. The highest BCUT2D eigenvalue weighted by molar-refractivity contribution is 5.99. The molecule has 1 atom stereocenters. The fraction of sp³-hybridized carbons (Fsp3) is 0.263. The zero-order valence-electron chi connectivity index (χ0n) is 15.5. The Kier molecular flexibility index (Phi) is 6.68. The van der Waals surface area contributed by atoms with Gasteiger partial charge in [0.05, 0.1) is 19.4 Å². The Labute approximate surface area is 163 Å². The molecule has 10 heteroatoms. The molecule has 0 spiro atoms. The van der Waals surface area contributed by atoms with Crippen LogP contribution in [-0.2, 0) is 9.53 Å². The van der Waals surface area contributed by atoms with E-state index in [1.165, 1.54) is 38.3 Å². The lowest BCUT2D eigenvalue weighted by molar-refractivity contribution is -0.204. The van der Waals surface area contributed by atoms with Crippen LogP contribution in [0.25, 0.3) is 0 Å². The van der Waals surface area contributed by atoms with Gasteiger partial charge in [0.1, 0.15) is 11.6 Å². The molecule has 0 aliphatic heterocycles. The lowest BCUT2D eigenvalue weighted by Crippen LogP contribution is -2.69. The predicted molar refractivity (Wildman–Crippen MR) is 95.9 cm³/mol. The maximum Gasteiger partial charge on any atom is 0.441 e. The highest BCUT2D eigenvalue weighted by Gasteiger charge is 2.64. The van der Waals surface area contributed by atoms with Gasteiger partial charge in [-0.1, -0.05) is 12.1 Å². The van der Waals surface area contributed by atoms with Crippen LogP contribution in [0.1, 0.15) is 17.3 Å². The number of carbonyl (C=O) groups excluding carboxylic acids is 2. The number of benzene rings is 2. The lowest BCUT2D eigenvalue weighted by Gasteiger charge is -2.35. The molecule has 0 bridgehead atoms. The van der Waals surface area contributed by atoms with Crippen LogP contribution in [0.15, 0.2) is 48.5 Å². The third kappa shape index (κ3) is 4.76. The Morgan fingerprint density at radius 3 is 2.21 bits per heavy atom. The molecule has 0 aromatic heterocycles. The van der Waals surface area contributed by atoms with Crippen LogP contribution in [-0.4, -0.2) is 37.4 Å². The van der Waals surface area contributed by atoms with E-state index in [2.05, 4.69) is 4.74 Å². The predicted octanol–water partition coefficient (Wildman–Crippen LogP) is 3.50. The van der Waals surface area contributed by atoms with Gasteiger partial charge in [-0.15, -0.1) is 0 Å². The Hall–Kier alpha value is -3.30. The van der Waals surface area contributed by atoms with Gasteiger partial charge in [-0.05, 0) is 43.3 Å². The topological polar surface area (TPSA) is 76.7 Å². The molecule has 0 radical (unpaired) electrons. The number of alkyl halides is 3. The number of amides is 1. The smallest absolute Gasteiger partial charge is 0.441 e. The fourth-order valence-corrected chi connectivity index (χ4v) is 2.42. The van der Waals surface area contributed by atoms with E-state index >= 15 is 0 Å². The van der Waals surface area contributed by atoms with E-state index in [1.807, 2.05) is 5.32 Å². The van der Waals surface area contributed by atoms with E-state index in [9.17, 15) is 27.2 Å². The van der Waals surface area contributed by atoms with Crippen molar-refractivity contribution in [2.24, 2.45) is 0 Å². The molecular weight excluding hydrogens is 396 g/mol. The minimum absolute atomic E-state index is 0.00135. The van der Waals surface area contributed by atoms with E-state index in [-0.39, 0.29) is 23.6 Å². The second kappa shape index (κ2) is 8.80. The fourth-order valence-electron chi connectivity index (χ4n) is 2.42. The molecule has 0 aliphatic rings. The third-order valence-electron chi connectivity index (χ3n) is 3.84. The largest absolute Gasteiger partial charge is 0.495 e. The summed E-state index contributed by atoms with van der Waals surface area (Å²) in [6.07, 6.45) is -5.31. The van der Waals surface area contributed by atoms with Crippen molar-refractivity contribution in [3.8, 4) is 5.75 Å². The number of nitrogens with one attached hydrogen (secondary N) is 2. The van der Waals surface area contributed by atoms with Gasteiger partial charge in [0, 0.05) is 5.56 Å². The molecule has 0 saturated carbocycles. The van der Waals surface area contributed by atoms with E-state index in [4.69, 9.17) is 4.74 Å². The molecule has 1 amide bonds. The number of hydrogen-bond donors (Lipinski definition) is 2. The van der Waals surface area contributed by atoms with E-state index < -0.39 is 29.5 Å². The second-order valence-electron chi connectivity index (χ2n) is 5.75. The summed E-state index contributed by atoms with van der Waals surface area (Å²) < 4.78 is 65.1. The molecule has 2 aromatic rings. The zero-order chi connectivity index (χ0) is 21.7. The molecule has 2 rings (SSSR count). The van der Waals surface area contributed by atoms with Gasteiger partial charge in [0.25, 0.3) is 5.91 Å². The Balaban J connectivity index is 2.54. The molecule has 0 saturated heterocycles. The first kappa shape index (κ1) is 22.0.